The van der Waals surface area contributed by atoms with Crippen molar-refractivity contribution in [1.29, 1.82) is 0 Å². The zero-order valence-corrected chi connectivity index (χ0v) is 8.34. The molecule has 0 saturated carbocycles. The maximum absolute atomic E-state index is 11.9. The van der Waals surface area contributed by atoms with Gasteiger partial charge < -0.3 is 10.6 Å². The molecule has 1 atom stereocenters. The number of benzene rings is 1. The second-order valence-corrected chi connectivity index (χ2v) is 3.71. The molecule has 4 heteroatoms. The molecule has 0 amide bonds. The normalized spacial score (nSPS) is 19.0. The van der Waals surface area contributed by atoms with Crippen LogP contribution in [0, 0.1) is 0 Å². The van der Waals surface area contributed by atoms with E-state index in [0.29, 0.717) is 12.5 Å². The van der Waals surface area contributed by atoms with Gasteiger partial charge in [0.25, 0.3) is 6.43 Å². The number of rotatable bonds is 4. The summed E-state index contributed by atoms with van der Waals surface area (Å²) in [5.41, 5.74) is 2.35. The van der Waals surface area contributed by atoms with Gasteiger partial charge in [0.2, 0.25) is 0 Å². The maximum atomic E-state index is 11.9. The molecule has 2 rings (SSSR count). The average molecular weight is 212 g/mol. The molecule has 0 spiro atoms. The first-order valence-corrected chi connectivity index (χ1v) is 5.09. The van der Waals surface area contributed by atoms with Crippen LogP contribution in [0.5, 0.6) is 0 Å². The summed E-state index contributed by atoms with van der Waals surface area (Å²) >= 11 is 0. The number of anilines is 1. The predicted octanol–water partition coefficient (Wildman–Crippen LogP) is 2.05. The lowest BCUT2D eigenvalue weighted by Crippen LogP contribution is -2.27. The molecule has 0 saturated heterocycles. The third kappa shape index (κ3) is 2.45. The van der Waals surface area contributed by atoms with Gasteiger partial charge in [-0.15, -0.1) is 0 Å². The van der Waals surface area contributed by atoms with Crippen molar-refractivity contribution >= 4 is 5.69 Å². The van der Waals surface area contributed by atoms with E-state index in [1.165, 1.54) is 5.56 Å². The van der Waals surface area contributed by atoms with Crippen LogP contribution in [0.3, 0.4) is 0 Å². The number of hydrogen-bond donors (Lipinski definition) is 2. The zero-order valence-electron chi connectivity index (χ0n) is 8.34. The van der Waals surface area contributed by atoms with Gasteiger partial charge in [-0.2, -0.15) is 0 Å². The molecule has 1 heterocycles. The van der Waals surface area contributed by atoms with Crippen LogP contribution in [-0.2, 0) is 0 Å². The Morgan fingerprint density at radius 1 is 1.40 bits per heavy atom. The Hall–Kier alpha value is -1.16. The highest BCUT2D eigenvalue weighted by Gasteiger charge is 2.21. The third-order valence-electron chi connectivity index (χ3n) is 2.63. The molecule has 15 heavy (non-hydrogen) atoms. The fourth-order valence-corrected chi connectivity index (χ4v) is 1.91. The van der Waals surface area contributed by atoms with Gasteiger partial charge in [-0.25, -0.2) is 8.78 Å². The van der Waals surface area contributed by atoms with E-state index < -0.39 is 6.43 Å². The number of nitrogens with one attached hydrogen (secondary N) is 2. The quantitative estimate of drug-likeness (QED) is 0.798. The van der Waals surface area contributed by atoms with Crippen molar-refractivity contribution in [3.05, 3.63) is 29.8 Å². The number of hydrogen-bond acceptors (Lipinski definition) is 2. The minimum atomic E-state index is -2.27. The Labute approximate surface area is 87.7 Å². The lowest BCUT2D eigenvalue weighted by Gasteiger charge is -2.10. The Morgan fingerprint density at radius 2 is 2.20 bits per heavy atom. The molecule has 0 bridgehead atoms. The van der Waals surface area contributed by atoms with Crippen LogP contribution in [0.4, 0.5) is 14.5 Å². The van der Waals surface area contributed by atoms with Crippen LogP contribution in [0.15, 0.2) is 24.3 Å². The molecular formula is C11H14F2N2. The number of para-hydroxylation sites is 1. The smallest absolute Gasteiger partial charge is 0.250 e. The van der Waals surface area contributed by atoms with E-state index in [0.717, 1.165) is 12.2 Å². The van der Waals surface area contributed by atoms with E-state index in [4.69, 9.17) is 0 Å². The van der Waals surface area contributed by atoms with E-state index >= 15 is 0 Å². The van der Waals surface area contributed by atoms with Crippen molar-refractivity contribution in [2.75, 3.05) is 25.0 Å². The zero-order chi connectivity index (χ0) is 10.7. The van der Waals surface area contributed by atoms with Gasteiger partial charge in [0.05, 0.1) is 6.54 Å². The van der Waals surface area contributed by atoms with Crippen molar-refractivity contribution in [2.24, 2.45) is 0 Å². The first-order chi connectivity index (χ1) is 7.27. The van der Waals surface area contributed by atoms with Crippen LogP contribution in [0.1, 0.15) is 11.5 Å². The van der Waals surface area contributed by atoms with Gasteiger partial charge in [0, 0.05) is 24.7 Å². The summed E-state index contributed by atoms with van der Waals surface area (Å²) in [4.78, 5) is 0. The predicted molar refractivity (Wildman–Crippen MR) is 56.5 cm³/mol. The van der Waals surface area contributed by atoms with Crippen molar-refractivity contribution in [3.63, 3.8) is 0 Å². The topological polar surface area (TPSA) is 24.1 Å². The molecule has 0 aliphatic carbocycles. The SMILES string of the molecule is FC(F)CNCC1CNc2ccccc21. The van der Waals surface area contributed by atoms with Gasteiger partial charge in [0.15, 0.2) is 0 Å². The van der Waals surface area contributed by atoms with Gasteiger partial charge in [-0.3, -0.25) is 0 Å². The van der Waals surface area contributed by atoms with Crippen molar-refractivity contribution in [3.8, 4) is 0 Å². The molecule has 1 aliphatic heterocycles. The van der Waals surface area contributed by atoms with Crippen molar-refractivity contribution in [1.82, 2.24) is 5.32 Å². The summed E-state index contributed by atoms with van der Waals surface area (Å²) in [6.45, 7) is 1.21. The lowest BCUT2D eigenvalue weighted by molar-refractivity contribution is 0.145. The third-order valence-corrected chi connectivity index (χ3v) is 2.63. The fraction of sp³-hybridized carbons (Fsp3) is 0.455. The minimum absolute atomic E-state index is 0.224. The molecule has 0 radical (unpaired) electrons. The number of fused-ring (bicyclic) bond motifs is 1. The summed E-state index contributed by atoms with van der Waals surface area (Å²) in [5, 5.41) is 6.04. The number of halogens is 2. The second kappa shape index (κ2) is 4.57. The summed E-state index contributed by atoms with van der Waals surface area (Å²) in [6.07, 6.45) is -2.27. The van der Waals surface area contributed by atoms with Crippen molar-refractivity contribution < 1.29 is 8.78 Å². The molecular weight excluding hydrogens is 198 g/mol. The fourth-order valence-electron chi connectivity index (χ4n) is 1.91. The Bertz CT molecular complexity index is 328. The molecule has 2 nitrogen and oxygen atoms in total. The molecule has 1 aromatic carbocycles. The molecule has 2 N–H and O–H groups in total. The Kier molecular flexibility index (Phi) is 3.16. The maximum Gasteiger partial charge on any atom is 0.250 e. The summed E-state index contributed by atoms with van der Waals surface area (Å²) < 4.78 is 23.9. The molecule has 0 fully saturated rings. The highest BCUT2D eigenvalue weighted by atomic mass is 19.3. The van der Waals surface area contributed by atoms with E-state index in [-0.39, 0.29) is 6.54 Å². The molecule has 1 unspecified atom stereocenters. The average Bonchev–Trinajstić information content (AvgIpc) is 2.62. The standard InChI is InChI=1S/C11H14F2N2/c12-11(13)7-14-5-8-6-15-10-4-2-1-3-9(8)10/h1-4,8,11,14-15H,5-7H2. The van der Waals surface area contributed by atoms with Gasteiger partial charge >= 0.3 is 0 Å². The lowest BCUT2D eigenvalue weighted by atomic mass is 10.0. The van der Waals surface area contributed by atoms with E-state index in [9.17, 15) is 8.78 Å². The largest absolute Gasteiger partial charge is 0.384 e. The highest BCUT2D eigenvalue weighted by Crippen LogP contribution is 2.30. The first kappa shape index (κ1) is 10.4. The van der Waals surface area contributed by atoms with Crippen molar-refractivity contribution in [2.45, 2.75) is 12.3 Å². The number of alkyl halides is 2. The van der Waals surface area contributed by atoms with E-state index in [1.54, 1.807) is 0 Å². The Morgan fingerprint density at radius 3 is 3.00 bits per heavy atom. The van der Waals surface area contributed by atoms with Gasteiger partial charge in [-0.05, 0) is 11.6 Å². The van der Waals surface area contributed by atoms with Crippen LogP contribution in [0.25, 0.3) is 0 Å². The Balaban J connectivity index is 1.90. The van der Waals surface area contributed by atoms with Crippen LogP contribution in [0.2, 0.25) is 0 Å². The van der Waals surface area contributed by atoms with E-state index in [1.807, 2.05) is 24.3 Å². The summed E-state index contributed by atoms with van der Waals surface area (Å²) in [6, 6.07) is 8.01. The van der Waals surface area contributed by atoms with Crippen LogP contribution < -0.4 is 10.6 Å². The second-order valence-electron chi connectivity index (χ2n) is 3.71. The first-order valence-electron chi connectivity index (χ1n) is 5.09. The molecule has 1 aromatic rings. The highest BCUT2D eigenvalue weighted by molar-refractivity contribution is 5.57. The van der Waals surface area contributed by atoms with Gasteiger partial charge in [0.1, 0.15) is 0 Å². The van der Waals surface area contributed by atoms with Crippen LogP contribution in [-0.4, -0.2) is 26.1 Å². The minimum Gasteiger partial charge on any atom is -0.384 e. The van der Waals surface area contributed by atoms with Crippen LogP contribution >= 0.6 is 0 Å². The summed E-state index contributed by atoms with van der Waals surface area (Å²) in [7, 11) is 0. The van der Waals surface area contributed by atoms with E-state index in [2.05, 4.69) is 10.6 Å². The molecule has 0 aromatic heterocycles. The van der Waals surface area contributed by atoms with Gasteiger partial charge in [-0.1, -0.05) is 18.2 Å². The monoisotopic (exact) mass is 212 g/mol. The molecule has 1 aliphatic rings. The summed E-state index contributed by atoms with van der Waals surface area (Å²) in [5.74, 6) is 0.306. The molecule has 82 valence electrons.